The van der Waals surface area contributed by atoms with E-state index < -0.39 is 18.3 Å². The van der Waals surface area contributed by atoms with E-state index in [1.807, 2.05) is 107 Å². The number of hydrogen-bond acceptors (Lipinski definition) is 3. The van der Waals surface area contributed by atoms with Crippen LogP contribution in [0.25, 0.3) is 33.5 Å². The third kappa shape index (κ3) is 4.06. The van der Waals surface area contributed by atoms with Crippen molar-refractivity contribution >= 4 is 12.6 Å². The van der Waals surface area contributed by atoms with Crippen molar-refractivity contribution in [2.24, 2.45) is 0 Å². The normalized spacial score (nSPS) is 16.6. The zero-order chi connectivity index (χ0) is 23.9. The summed E-state index contributed by atoms with van der Waals surface area (Å²) in [6.45, 7) is 8.06. The van der Waals surface area contributed by atoms with E-state index in [1.165, 1.54) is 0 Å². The summed E-state index contributed by atoms with van der Waals surface area (Å²) < 4.78 is 28.6. The second-order valence-corrected chi connectivity index (χ2v) is 9.68. The van der Waals surface area contributed by atoms with Gasteiger partial charge in [-0.1, -0.05) is 72.8 Å². The topological polar surface area (TPSA) is 31.4 Å². The molecule has 0 bridgehead atoms. The maximum absolute atomic E-state index is 16.0. The Kier molecular flexibility index (Phi) is 5.63. The van der Waals surface area contributed by atoms with E-state index in [0.717, 1.165) is 22.2 Å². The Morgan fingerprint density at radius 3 is 1.85 bits per heavy atom. The molecule has 5 heteroatoms. The van der Waals surface area contributed by atoms with Gasteiger partial charge in [0.05, 0.1) is 16.9 Å². The van der Waals surface area contributed by atoms with Crippen LogP contribution in [0.5, 0.6) is 0 Å². The second-order valence-electron chi connectivity index (χ2n) is 9.68. The third-order valence-corrected chi connectivity index (χ3v) is 6.85. The van der Waals surface area contributed by atoms with Crippen LogP contribution in [-0.4, -0.2) is 23.3 Å². The fourth-order valence-electron chi connectivity index (χ4n) is 4.16. The minimum atomic E-state index is -0.607. The molecule has 0 saturated carbocycles. The number of pyridine rings is 1. The molecule has 0 N–H and O–H groups in total. The maximum Gasteiger partial charge on any atom is 0.494 e. The number of aromatic nitrogens is 1. The molecular formula is C29H27BFNO2. The fraction of sp³-hybridized carbons (Fsp3) is 0.207. The lowest BCUT2D eigenvalue weighted by molar-refractivity contribution is 0.00578. The molecule has 170 valence electrons. The van der Waals surface area contributed by atoms with Crippen LogP contribution in [0.15, 0.2) is 91.1 Å². The number of halogens is 1. The van der Waals surface area contributed by atoms with Gasteiger partial charge in [-0.3, -0.25) is 4.98 Å². The molecule has 0 unspecified atom stereocenters. The van der Waals surface area contributed by atoms with Crippen molar-refractivity contribution in [2.45, 2.75) is 38.9 Å². The zero-order valence-corrected chi connectivity index (χ0v) is 19.9. The van der Waals surface area contributed by atoms with E-state index in [-0.39, 0.29) is 5.82 Å². The lowest BCUT2D eigenvalue weighted by Crippen LogP contribution is -2.41. The van der Waals surface area contributed by atoms with E-state index in [0.29, 0.717) is 16.8 Å². The van der Waals surface area contributed by atoms with Crippen molar-refractivity contribution in [2.75, 3.05) is 0 Å². The van der Waals surface area contributed by atoms with Gasteiger partial charge in [-0.25, -0.2) is 4.39 Å². The van der Waals surface area contributed by atoms with E-state index in [9.17, 15) is 0 Å². The van der Waals surface area contributed by atoms with Crippen LogP contribution in [0.3, 0.4) is 0 Å². The molecule has 1 aromatic heterocycles. The first kappa shape index (κ1) is 22.5. The smallest absolute Gasteiger partial charge is 0.399 e. The SMILES string of the molecule is CC1(C)OB(c2cc(-c3ccccc3)c(F)c(-c3cc(-c4ccccc4)ccn3)c2)OC1(C)C. The first-order chi connectivity index (χ1) is 16.2. The average Bonchev–Trinajstić information content (AvgIpc) is 3.07. The van der Waals surface area contributed by atoms with Gasteiger partial charge in [-0.05, 0) is 62.0 Å². The van der Waals surface area contributed by atoms with Crippen LogP contribution in [0, 0.1) is 5.82 Å². The molecule has 0 radical (unpaired) electrons. The van der Waals surface area contributed by atoms with Gasteiger partial charge in [-0.15, -0.1) is 0 Å². The molecule has 1 aliphatic rings. The van der Waals surface area contributed by atoms with Crippen LogP contribution < -0.4 is 5.46 Å². The molecule has 2 heterocycles. The number of nitrogens with zero attached hydrogens (tertiary/aromatic N) is 1. The van der Waals surface area contributed by atoms with Gasteiger partial charge >= 0.3 is 7.12 Å². The standard InChI is InChI=1S/C29H27BFNO2/c1-28(2)29(3,4)34-30(33-28)23-18-24(21-13-9-6-10-14-21)27(31)25(19-23)26-17-22(15-16-32-26)20-11-7-5-8-12-20/h5-19H,1-4H3. The van der Waals surface area contributed by atoms with Crippen molar-refractivity contribution < 1.29 is 13.7 Å². The van der Waals surface area contributed by atoms with Crippen molar-refractivity contribution in [3.8, 4) is 33.5 Å². The first-order valence-electron chi connectivity index (χ1n) is 11.5. The van der Waals surface area contributed by atoms with Crippen molar-refractivity contribution in [3.05, 3.63) is 96.9 Å². The minimum Gasteiger partial charge on any atom is -0.399 e. The van der Waals surface area contributed by atoms with Gasteiger partial charge in [0.1, 0.15) is 5.82 Å². The summed E-state index contributed by atoms with van der Waals surface area (Å²) in [6.07, 6.45) is 1.72. The molecule has 3 nitrogen and oxygen atoms in total. The molecule has 0 spiro atoms. The summed E-state index contributed by atoms with van der Waals surface area (Å²) in [4.78, 5) is 4.53. The fourth-order valence-corrected chi connectivity index (χ4v) is 4.16. The largest absolute Gasteiger partial charge is 0.494 e. The lowest BCUT2D eigenvalue weighted by Gasteiger charge is -2.32. The van der Waals surface area contributed by atoms with Crippen LogP contribution >= 0.6 is 0 Å². The summed E-state index contributed by atoms with van der Waals surface area (Å²) in [6, 6.07) is 27.1. The van der Waals surface area contributed by atoms with Crippen LogP contribution in [0.4, 0.5) is 4.39 Å². The monoisotopic (exact) mass is 451 g/mol. The van der Waals surface area contributed by atoms with E-state index in [1.54, 1.807) is 12.3 Å². The molecule has 3 aromatic carbocycles. The number of rotatable bonds is 4. The Bertz CT molecular complexity index is 1310. The average molecular weight is 451 g/mol. The second kappa shape index (κ2) is 8.50. The van der Waals surface area contributed by atoms with Gasteiger partial charge in [0, 0.05) is 17.3 Å². The summed E-state index contributed by atoms with van der Waals surface area (Å²) in [5.74, 6) is -0.316. The zero-order valence-electron chi connectivity index (χ0n) is 19.9. The van der Waals surface area contributed by atoms with Gasteiger partial charge in [0.25, 0.3) is 0 Å². The molecule has 34 heavy (non-hydrogen) atoms. The molecule has 0 amide bonds. The third-order valence-electron chi connectivity index (χ3n) is 6.85. The number of benzene rings is 3. The maximum atomic E-state index is 16.0. The molecule has 4 aromatic rings. The van der Waals surface area contributed by atoms with E-state index >= 15 is 4.39 Å². The predicted octanol–water partition coefficient (Wildman–Crippen LogP) is 6.52. The Morgan fingerprint density at radius 2 is 1.24 bits per heavy atom. The van der Waals surface area contributed by atoms with Gasteiger partial charge in [0.2, 0.25) is 0 Å². The number of hydrogen-bond donors (Lipinski definition) is 0. The van der Waals surface area contributed by atoms with E-state index in [4.69, 9.17) is 9.31 Å². The summed E-state index contributed by atoms with van der Waals surface area (Å²) in [5.41, 5.74) is 4.08. The van der Waals surface area contributed by atoms with Crippen LogP contribution in [0.1, 0.15) is 27.7 Å². The van der Waals surface area contributed by atoms with Crippen molar-refractivity contribution in [1.82, 2.24) is 4.98 Å². The highest BCUT2D eigenvalue weighted by molar-refractivity contribution is 6.62. The minimum absolute atomic E-state index is 0.316. The summed E-state index contributed by atoms with van der Waals surface area (Å²) in [5, 5.41) is 0. The van der Waals surface area contributed by atoms with Gasteiger partial charge < -0.3 is 9.31 Å². The van der Waals surface area contributed by atoms with Crippen molar-refractivity contribution in [3.63, 3.8) is 0 Å². The summed E-state index contributed by atoms with van der Waals surface area (Å²) >= 11 is 0. The lowest BCUT2D eigenvalue weighted by atomic mass is 9.76. The Labute approximate surface area is 200 Å². The Morgan fingerprint density at radius 1 is 0.676 bits per heavy atom. The highest BCUT2D eigenvalue weighted by atomic mass is 19.1. The van der Waals surface area contributed by atoms with Gasteiger partial charge in [0.15, 0.2) is 0 Å². The Balaban J connectivity index is 1.67. The van der Waals surface area contributed by atoms with E-state index in [2.05, 4.69) is 4.98 Å². The summed E-state index contributed by atoms with van der Waals surface area (Å²) in [7, 11) is -0.607. The molecule has 5 rings (SSSR count). The molecule has 1 fully saturated rings. The molecule has 0 atom stereocenters. The Hall–Kier alpha value is -3.28. The highest BCUT2D eigenvalue weighted by Crippen LogP contribution is 2.38. The highest BCUT2D eigenvalue weighted by Gasteiger charge is 2.52. The van der Waals surface area contributed by atoms with Crippen molar-refractivity contribution in [1.29, 1.82) is 0 Å². The molecule has 0 aliphatic carbocycles. The van der Waals surface area contributed by atoms with Crippen LogP contribution in [-0.2, 0) is 9.31 Å². The van der Waals surface area contributed by atoms with Crippen LogP contribution in [0.2, 0.25) is 0 Å². The molecule has 1 saturated heterocycles. The molecule has 1 aliphatic heterocycles. The molecular weight excluding hydrogens is 424 g/mol. The first-order valence-corrected chi connectivity index (χ1v) is 11.5. The predicted molar refractivity (Wildman–Crippen MR) is 136 cm³/mol. The quantitative estimate of drug-likeness (QED) is 0.331. The van der Waals surface area contributed by atoms with Gasteiger partial charge in [-0.2, -0.15) is 0 Å².